The molecule has 2 aliphatic rings. The first-order valence-corrected chi connectivity index (χ1v) is 12.4. The Balaban J connectivity index is 1.41. The summed E-state index contributed by atoms with van der Waals surface area (Å²) in [5.41, 5.74) is -1.72. The van der Waals surface area contributed by atoms with Gasteiger partial charge in [0.25, 0.3) is 5.91 Å². The van der Waals surface area contributed by atoms with Gasteiger partial charge in [-0.25, -0.2) is 13.2 Å². The second-order valence-electron chi connectivity index (χ2n) is 8.97. The van der Waals surface area contributed by atoms with Crippen LogP contribution in [0.3, 0.4) is 0 Å². The van der Waals surface area contributed by atoms with Crippen molar-refractivity contribution >= 4 is 39.9 Å². The van der Waals surface area contributed by atoms with Crippen LogP contribution >= 0.6 is 22.6 Å². The first kappa shape index (κ1) is 25.2. The fraction of sp³-hybridized carbons (Fsp3) is 0.458. The van der Waals surface area contributed by atoms with Gasteiger partial charge in [0.1, 0.15) is 11.4 Å². The van der Waals surface area contributed by atoms with Crippen molar-refractivity contribution in [2.75, 3.05) is 44.6 Å². The number of aliphatic hydroxyl groups is 1. The van der Waals surface area contributed by atoms with Gasteiger partial charge in [0.15, 0.2) is 11.6 Å². The van der Waals surface area contributed by atoms with Gasteiger partial charge < -0.3 is 20.6 Å². The van der Waals surface area contributed by atoms with E-state index < -0.39 is 34.6 Å². The lowest BCUT2D eigenvalue weighted by Crippen LogP contribution is -2.67. The Labute approximate surface area is 210 Å². The van der Waals surface area contributed by atoms with E-state index in [1.807, 2.05) is 22.6 Å². The van der Waals surface area contributed by atoms with E-state index in [0.717, 1.165) is 32.1 Å². The molecule has 6 nitrogen and oxygen atoms in total. The van der Waals surface area contributed by atoms with Crippen LogP contribution in [0.5, 0.6) is 0 Å². The summed E-state index contributed by atoms with van der Waals surface area (Å²) in [6.45, 7) is 5.45. The molecule has 2 aromatic carbocycles. The molecule has 0 aliphatic carbocycles. The van der Waals surface area contributed by atoms with E-state index in [9.17, 15) is 23.1 Å². The van der Waals surface area contributed by atoms with E-state index in [0.29, 0.717) is 16.2 Å². The molecule has 0 spiro atoms. The number of hydrogen-bond acceptors (Lipinski definition) is 5. The van der Waals surface area contributed by atoms with E-state index in [2.05, 4.69) is 22.5 Å². The lowest BCUT2D eigenvalue weighted by Gasteiger charge is -2.47. The van der Waals surface area contributed by atoms with Crippen molar-refractivity contribution < 1.29 is 23.1 Å². The summed E-state index contributed by atoms with van der Waals surface area (Å²) in [4.78, 5) is 16.8. The number of carbonyl (C=O) groups excluding carboxylic acids is 1. The Morgan fingerprint density at radius 3 is 2.68 bits per heavy atom. The van der Waals surface area contributed by atoms with Crippen LogP contribution in [-0.4, -0.2) is 71.7 Å². The number of likely N-dealkylation sites (N-methyl/N-ethyl adjacent to an activating group) is 1. The Hall–Kier alpha value is -1.89. The molecule has 34 heavy (non-hydrogen) atoms. The summed E-state index contributed by atoms with van der Waals surface area (Å²) in [6.07, 6.45) is 2.29. The molecule has 2 fully saturated rings. The summed E-state index contributed by atoms with van der Waals surface area (Å²) in [5, 5.41) is 16.6. The van der Waals surface area contributed by atoms with Crippen molar-refractivity contribution in [2.45, 2.75) is 31.4 Å². The highest BCUT2D eigenvalue weighted by Gasteiger charge is 2.44. The number of anilines is 2. The predicted octanol–water partition coefficient (Wildman–Crippen LogP) is 3.71. The molecule has 1 atom stereocenters. The van der Waals surface area contributed by atoms with E-state index >= 15 is 0 Å². The third-order valence-electron chi connectivity index (χ3n) is 6.51. The van der Waals surface area contributed by atoms with E-state index in [-0.39, 0.29) is 24.3 Å². The minimum Gasteiger partial charge on any atom is -0.385 e. The molecule has 1 amide bonds. The Morgan fingerprint density at radius 2 is 1.97 bits per heavy atom. The lowest BCUT2D eigenvalue weighted by atomic mass is 9.92. The van der Waals surface area contributed by atoms with Crippen molar-refractivity contribution in [1.29, 1.82) is 0 Å². The highest BCUT2D eigenvalue weighted by Crippen LogP contribution is 2.31. The van der Waals surface area contributed by atoms with Crippen LogP contribution in [0.1, 0.15) is 30.1 Å². The normalized spacial score (nSPS) is 19.8. The van der Waals surface area contributed by atoms with Crippen molar-refractivity contribution in [1.82, 2.24) is 15.1 Å². The molecular formula is C24H28F3IN4O2. The first-order chi connectivity index (χ1) is 16.2. The largest absolute Gasteiger partial charge is 0.385 e. The predicted molar refractivity (Wildman–Crippen MR) is 133 cm³/mol. The topological polar surface area (TPSA) is 67.8 Å². The number of benzene rings is 2. The molecule has 184 valence electrons. The maximum absolute atomic E-state index is 14.6. The average molecular weight is 588 g/mol. The molecule has 0 saturated carbocycles. The van der Waals surface area contributed by atoms with Gasteiger partial charge in [-0.1, -0.05) is 6.92 Å². The molecular weight excluding hydrogens is 560 g/mol. The second-order valence-corrected chi connectivity index (χ2v) is 10.2. The highest BCUT2D eigenvalue weighted by molar-refractivity contribution is 14.1. The zero-order valence-electron chi connectivity index (χ0n) is 18.9. The summed E-state index contributed by atoms with van der Waals surface area (Å²) >= 11 is 1.94. The van der Waals surface area contributed by atoms with Crippen molar-refractivity contribution in [2.24, 2.45) is 0 Å². The molecule has 2 heterocycles. The van der Waals surface area contributed by atoms with Gasteiger partial charge in [0.05, 0.1) is 30.0 Å². The van der Waals surface area contributed by atoms with Gasteiger partial charge in [-0.2, -0.15) is 0 Å². The van der Waals surface area contributed by atoms with Crippen LogP contribution in [0.15, 0.2) is 30.3 Å². The van der Waals surface area contributed by atoms with E-state index in [1.165, 1.54) is 29.5 Å². The molecule has 4 rings (SSSR count). The number of halogens is 4. The summed E-state index contributed by atoms with van der Waals surface area (Å²) < 4.78 is 43.5. The molecule has 10 heteroatoms. The summed E-state index contributed by atoms with van der Waals surface area (Å²) in [7, 11) is 0. The molecule has 3 N–H and O–H groups in total. The molecule has 0 bridgehead atoms. The number of hydrogen-bond donors (Lipinski definition) is 3. The fourth-order valence-corrected chi connectivity index (χ4v) is 5.13. The number of nitrogens with one attached hydrogen (secondary N) is 2. The third-order valence-corrected chi connectivity index (χ3v) is 7.18. The minimum absolute atomic E-state index is 0.0668. The molecule has 1 unspecified atom stereocenters. The second kappa shape index (κ2) is 10.4. The zero-order valence-corrected chi connectivity index (χ0v) is 21.0. The smallest absolute Gasteiger partial charge is 0.256 e. The number of nitrogens with zero attached hydrogens (tertiary/aromatic N) is 2. The number of likely N-dealkylation sites (tertiary alicyclic amines) is 2. The quantitative estimate of drug-likeness (QED) is 0.411. The minimum atomic E-state index is -1.27. The fourth-order valence-electron chi connectivity index (χ4n) is 4.68. The van der Waals surface area contributed by atoms with Crippen LogP contribution in [0.4, 0.5) is 24.5 Å². The SMILES string of the molecule is CCN1CCCC1CNCC1(O)CN(C(=O)c2ccc(F)c(F)c2Nc2ccc(I)cc2F)C1. The van der Waals surface area contributed by atoms with Crippen molar-refractivity contribution in [3.63, 3.8) is 0 Å². The van der Waals surface area contributed by atoms with Crippen LogP contribution < -0.4 is 10.6 Å². The van der Waals surface area contributed by atoms with Gasteiger partial charge in [0.2, 0.25) is 0 Å². The summed E-state index contributed by atoms with van der Waals surface area (Å²) in [5.74, 6) is -3.63. The van der Waals surface area contributed by atoms with Crippen LogP contribution in [0, 0.1) is 21.0 Å². The standard InChI is InChI=1S/C24H28F3IN4O2/c1-2-31-9-3-4-16(31)11-29-12-24(34)13-32(14-24)23(33)17-6-7-18(25)21(27)22(17)30-20-8-5-15(28)10-19(20)26/h5-8,10,16,29-30,34H,2-4,9,11-14H2,1H3. The molecule has 0 aromatic heterocycles. The Bertz CT molecular complexity index is 1060. The molecule has 0 radical (unpaired) electrons. The average Bonchev–Trinajstić information content (AvgIpc) is 3.24. The molecule has 2 saturated heterocycles. The number of amides is 1. The number of carbonyl (C=O) groups is 1. The van der Waals surface area contributed by atoms with E-state index in [1.54, 1.807) is 6.07 Å². The van der Waals surface area contributed by atoms with Gasteiger partial charge in [-0.3, -0.25) is 9.69 Å². The lowest BCUT2D eigenvalue weighted by molar-refractivity contribution is -0.0788. The monoisotopic (exact) mass is 588 g/mol. The molecule has 2 aliphatic heterocycles. The van der Waals surface area contributed by atoms with E-state index in [4.69, 9.17) is 0 Å². The van der Waals surface area contributed by atoms with Crippen molar-refractivity contribution in [3.05, 3.63) is 56.9 Å². The zero-order chi connectivity index (χ0) is 24.5. The maximum Gasteiger partial charge on any atom is 0.256 e. The Morgan fingerprint density at radius 1 is 1.21 bits per heavy atom. The van der Waals surface area contributed by atoms with Crippen LogP contribution in [0.2, 0.25) is 0 Å². The highest BCUT2D eigenvalue weighted by atomic mass is 127. The van der Waals surface area contributed by atoms with Crippen molar-refractivity contribution in [3.8, 4) is 0 Å². The van der Waals surface area contributed by atoms with Gasteiger partial charge in [-0.05, 0) is 78.9 Å². The summed E-state index contributed by atoms with van der Waals surface area (Å²) in [6, 6.07) is 6.74. The van der Waals surface area contributed by atoms with Gasteiger partial charge in [0, 0.05) is 22.7 Å². The van der Waals surface area contributed by atoms with Gasteiger partial charge in [-0.15, -0.1) is 0 Å². The van der Waals surface area contributed by atoms with Gasteiger partial charge >= 0.3 is 0 Å². The maximum atomic E-state index is 14.6. The van der Waals surface area contributed by atoms with Crippen LogP contribution in [0.25, 0.3) is 0 Å². The Kier molecular flexibility index (Phi) is 7.70. The molecule has 2 aromatic rings. The number of rotatable bonds is 8. The van der Waals surface area contributed by atoms with Crippen LogP contribution in [-0.2, 0) is 0 Å². The third kappa shape index (κ3) is 5.34. The number of β-amino-alcohol motifs (C(OH)–C–C–N with tert-alkyl or cyclic N) is 1. The first-order valence-electron chi connectivity index (χ1n) is 11.4.